The number of phenols is 4. The number of aliphatic hydroxyl groups excluding tert-OH is 1. The lowest BCUT2D eigenvalue weighted by atomic mass is 10.1. The molecule has 13 heteroatoms. The highest BCUT2D eigenvalue weighted by molar-refractivity contribution is 5.88. The average Bonchev–Trinajstić information content (AvgIpc) is 3.09. The molecule has 4 unspecified atom stereocenters. The molecule has 0 radical (unpaired) electrons. The molecular weight excluding hydrogens is 496 g/mol. The molecule has 0 saturated carbocycles. The maximum atomic E-state index is 13.4. The molecular formula is C24H22O13. The Kier molecular flexibility index (Phi) is 6.83. The van der Waals surface area contributed by atoms with Crippen LogP contribution >= 0.6 is 0 Å². The Morgan fingerprint density at radius 2 is 1.70 bits per heavy atom. The van der Waals surface area contributed by atoms with Crippen LogP contribution in [0.5, 0.6) is 28.7 Å². The van der Waals surface area contributed by atoms with Crippen molar-refractivity contribution < 1.29 is 58.5 Å². The quantitative estimate of drug-likeness (QED) is 0.231. The molecule has 1 fully saturated rings. The number of rotatable bonds is 6. The van der Waals surface area contributed by atoms with Gasteiger partial charge in [-0.1, -0.05) is 0 Å². The van der Waals surface area contributed by atoms with Crippen LogP contribution < -0.4 is 10.2 Å². The van der Waals surface area contributed by atoms with E-state index in [-0.39, 0.29) is 22.3 Å². The number of carbonyl (C=O) groups excluding carboxylic acids is 2. The Morgan fingerprint density at radius 3 is 2.35 bits per heavy atom. The number of ether oxygens (including phenoxy) is 4. The molecule has 2 heterocycles. The Labute approximate surface area is 207 Å². The third-order valence-corrected chi connectivity index (χ3v) is 5.43. The van der Waals surface area contributed by atoms with Crippen LogP contribution in [-0.4, -0.2) is 68.7 Å². The number of hydrogen-bond donors (Lipinski definition) is 5. The molecule has 1 aliphatic heterocycles. The lowest BCUT2D eigenvalue weighted by Crippen LogP contribution is -2.40. The van der Waals surface area contributed by atoms with Crippen LogP contribution in [0.15, 0.2) is 39.5 Å². The van der Waals surface area contributed by atoms with Gasteiger partial charge >= 0.3 is 11.9 Å². The van der Waals surface area contributed by atoms with E-state index in [1.54, 1.807) is 0 Å². The number of carbonyl (C=O) groups is 2. The summed E-state index contributed by atoms with van der Waals surface area (Å²) >= 11 is 0. The number of fused-ring (bicyclic) bond motifs is 1. The minimum Gasteiger partial charge on any atom is -0.508 e. The van der Waals surface area contributed by atoms with Crippen LogP contribution in [0.3, 0.4) is 0 Å². The molecule has 13 nitrogen and oxygen atoms in total. The largest absolute Gasteiger partial charge is 0.508 e. The topological polar surface area (TPSA) is 202 Å². The number of hydrogen-bond acceptors (Lipinski definition) is 13. The fourth-order valence-electron chi connectivity index (χ4n) is 3.82. The van der Waals surface area contributed by atoms with Crippen LogP contribution in [0.25, 0.3) is 22.3 Å². The van der Waals surface area contributed by atoms with Crippen molar-refractivity contribution in [3.8, 4) is 40.1 Å². The molecule has 5 N–H and O–H groups in total. The molecule has 0 aliphatic carbocycles. The standard InChI is InChI=1S/C24H22O13/c1-9(25)33-8-17-22(34-10(2)26)20(32)24(36-17)37-23-19(31)18-15(30)6-12(27)7-16(18)35-21(23)11-3-4-13(28)14(29)5-11/h3-7,17,20,22,24,27-30,32H,8H2,1-2H3. The first-order valence-corrected chi connectivity index (χ1v) is 10.8. The average molecular weight is 518 g/mol. The van der Waals surface area contributed by atoms with Crippen molar-refractivity contribution in [2.45, 2.75) is 38.4 Å². The Morgan fingerprint density at radius 1 is 0.973 bits per heavy atom. The van der Waals surface area contributed by atoms with Crippen molar-refractivity contribution in [3.63, 3.8) is 0 Å². The summed E-state index contributed by atoms with van der Waals surface area (Å²) < 4.78 is 27.0. The number of aliphatic hydroxyl groups is 1. The molecule has 1 saturated heterocycles. The zero-order valence-corrected chi connectivity index (χ0v) is 19.4. The zero-order chi connectivity index (χ0) is 27.0. The summed E-state index contributed by atoms with van der Waals surface area (Å²) in [5.74, 6) is -4.39. The van der Waals surface area contributed by atoms with Gasteiger partial charge in [0.25, 0.3) is 0 Å². The van der Waals surface area contributed by atoms with Gasteiger partial charge in [0, 0.05) is 31.5 Å². The normalized spacial score (nSPS) is 21.1. The highest BCUT2D eigenvalue weighted by Gasteiger charge is 2.48. The first-order chi connectivity index (χ1) is 17.5. The molecule has 1 aromatic heterocycles. The minimum atomic E-state index is -1.66. The van der Waals surface area contributed by atoms with E-state index in [0.29, 0.717) is 0 Å². The van der Waals surface area contributed by atoms with Gasteiger partial charge in [-0.15, -0.1) is 0 Å². The van der Waals surface area contributed by atoms with Crippen molar-refractivity contribution in [1.29, 1.82) is 0 Å². The van der Waals surface area contributed by atoms with E-state index in [1.165, 1.54) is 6.07 Å². The summed E-state index contributed by atoms with van der Waals surface area (Å²) in [6.07, 6.45) is -5.80. The predicted molar refractivity (Wildman–Crippen MR) is 122 cm³/mol. The number of benzene rings is 2. The van der Waals surface area contributed by atoms with Gasteiger partial charge in [-0.25, -0.2) is 0 Å². The highest BCUT2D eigenvalue weighted by atomic mass is 16.7. The maximum Gasteiger partial charge on any atom is 0.303 e. The van der Waals surface area contributed by atoms with Crippen LogP contribution in [0, 0.1) is 0 Å². The number of aromatic hydroxyl groups is 4. The first kappa shape index (κ1) is 25.6. The van der Waals surface area contributed by atoms with Gasteiger partial charge in [-0.2, -0.15) is 0 Å². The SMILES string of the molecule is CC(=O)OCC1OC(Oc2c(-c3ccc(O)c(O)c3)oc3cc(O)cc(O)c3c2=O)C(O)C1OC(C)=O. The molecule has 2 aromatic carbocycles. The van der Waals surface area contributed by atoms with Gasteiger partial charge < -0.3 is 48.9 Å². The minimum absolute atomic E-state index is 0.0348. The fraction of sp³-hybridized carbons (Fsp3) is 0.292. The smallest absolute Gasteiger partial charge is 0.303 e. The molecule has 4 atom stereocenters. The number of esters is 2. The third kappa shape index (κ3) is 5.08. The second-order valence-corrected chi connectivity index (χ2v) is 8.16. The van der Waals surface area contributed by atoms with E-state index in [0.717, 1.165) is 38.1 Å². The monoisotopic (exact) mass is 518 g/mol. The van der Waals surface area contributed by atoms with Crippen molar-refractivity contribution in [3.05, 3.63) is 40.6 Å². The summed E-state index contributed by atoms with van der Waals surface area (Å²) in [5, 5.41) is 50.2. The molecule has 0 spiro atoms. The van der Waals surface area contributed by atoms with Crippen LogP contribution in [-0.2, 0) is 23.8 Å². The zero-order valence-electron chi connectivity index (χ0n) is 19.4. The summed E-state index contributed by atoms with van der Waals surface area (Å²) in [7, 11) is 0. The summed E-state index contributed by atoms with van der Waals surface area (Å²) in [4.78, 5) is 36.2. The molecule has 1 aliphatic rings. The Balaban J connectivity index is 1.82. The van der Waals surface area contributed by atoms with E-state index in [4.69, 9.17) is 23.4 Å². The molecule has 37 heavy (non-hydrogen) atoms. The molecule has 0 bridgehead atoms. The first-order valence-electron chi connectivity index (χ1n) is 10.8. The van der Waals surface area contributed by atoms with E-state index < -0.39 is 77.3 Å². The van der Waals surface area contributed by atoms with Crippen LogP contribution in [0.2, 0.25) is 0 Å². The van der Waals surface area contributed by atoms with Crippen LogP contribution in [0.1, 0.15) is 13.8 Å². The second kappa shape index (κ2) is 9.87. The maximum absolute atomic E-state index is 13.4. The molecule has 3 aromatic rings. The lowest BCUT2D eigenvalue weighted by molar-refractivity contribution is -0.158. The van der Waals surface area contributed by atoms with Gasteiger partial charge in [0.2, 0.25) is 17.5 Å². The second-order valence-electron chi connectivity index (χ2n) is 8.16. The van der Waals surface area contributed by atoms with Crippen molar-refractivity contribution in [1.82, 2.24) is 0 Å². The molecule has 0 amide bonds. The fourth-order valence-corrected chi connectivity index (χ4v) is 3.82. The summed E-state index contributed by atoms with van der Waals surface area (Å²) in [6.45, 7) is 1.83. The van der Waals surface area contributed by atoms with E-state index in [2.05, 4.69) is 0 Å². The molecule has 4 rings (SSSR count). The summed E-state index contributed by atoms with van der Waals surface area (Å²) in [5.41, 5.74) is -1.15. The molecule has 196 valence electrons. The van der Waals surface area contributed by atoms with Gasteiger partial charge in [0.1, 0.15) is 35.2 Å². The highest BCUT2D eigenvalue weighted by Crippen LogP contribution is 2.39. The van der Waals surface area contributed by atoms with Gasteiger partial charge in [-0.3, -0.25) is 14.4 Å². The number of phenolic OH excluding ortho intramolecular Hbond substituents is 4. The van der Waals surface area contributed by atoms with Crippen molar-refractivity contribution >= 4 is 22.9 Å². The summed E-state index contributed by atoms with van der Waals surface area (Å²) in [6, 6.07) is 5.43. The van der Waals surface area contributed by atoms with Crippen LogP contribution in [0.4, 0.5) is 0 Å². The predicted octanol–water partition coefficient (Wildman–Crippen LogP) is 1.24. The van der Waals surface area contributed by atoms with Crippen molar-refractivity contribution in [2.75, 3.05) is 6.61 Å². The van der Waals surface area contributed by atoms with Gasteiger partial charge in [-0.05, 0) is 18.2 Å². The third-order valence-electron chi connectivity index (χ3n) is 5.43. The van der Waals surface area contributed by atoms with E-state index >= 15 is 0 Å². The Bertz CT molecular complexity index is 1430. The lowest BCUT2D eigenvalue weighted by Gasteiger charge is -2.20. The van der Waals surface area contributed by atoms with Gasteiger partial charge in [0.15, 0.2) is 29.5 Å². The van der Waals surface area contributed by atoms with Crippen molar-refractivity contribution in [2.24, 2.45) is 0 Å². The Hall–Kier alpha value is -4.49. The van der Waals surface area contributed by atoms with E-state index in [1.807, 2.05) is 0 Å². The van der Waals surface area contributed by atoms with E-state index in [9.17, 15) is 39.9 Å². The van der Waals surface area contributed by atoms with Gasteiger partial charge in [0.05, 0.1) is 0 Å².